The Labute approximate surface area is 390 Å². The van der Waals surface area contributed by atoms with Crippen molar-refractivity contribution in [1.82, 2.24) is 0 Å². The molecule has 3 nitrogen and oxygen atoms in total. The quantitative estimate of drug-likeness (QED) is 0.177. The van der Waals surface area contributed by atoms with Gasteiger partial charge in [0.25, 0.3) is 0 Å². The topological polar surface area (TPSA) is 29.5 Å². The van der Waals surface area contributed by atoms with Crippen molar-refractivity contribution in [3.63, 3.8) is 0 Å². The van der Waals surface area contributed by atoms with Crippen molar-refractivity contribution in [2.45, 2.75) is 50.9 Å². The number of para-hydroxylation sites is 2. The number of anilines is 3. The van der Waals surface area contributed by atoms with Crippen LogP contribution in [0.4, 0.5) is 17.1 Å². The lowest BCUT2D eigenvalue weighted by Gasteiger charge is -2.39. The number of benzene rings is 9. The number of nitrogens with zero attached hydrogens (tertiary/aromatic N) is 1. The molecule has 67 heavy (non-hydrogen) atoms. The molecule has 2 heterocycles. The van der Waals surface area contributed by atoms with Crippen LogP contribution in [0.25, 0.3) is 78.3 Å². The summed E-state index contributed by atoms with van der Waals surface area (Å²) in [7, 11) is 0. The van der Waals surface area contributed by atoms with Gasteiger partial charge in [-0.25, -0.2) is 0 Å². The highest BCUT2D eigenvalue weighted by Crippen LogP contribution is 2.64. The summed E-state index contributed by atoms with van der Waals surface area (Å²) in [6.45, 7) is 11.7. The smallest absolute Gasteiger partial charge is 0.137 e. The Kier molecular flexibility index (Phi) is 7.66. The molecule has 0 saturated heterocycles. The second kappa shape index (κ2) is 13.4. The third-order valence-electron chi connectivity index (χ3n) is 15.4. The van der Waals surface area contributed by atoms with E-state index in [2.05, 4.69) is 234 Å². The second-order valence-corrected chi connectivity index (χ2v) is 20.4. The molecule has 9 aromatic carbocycles. The molecular formula is C64H47NO2. The highest BCUT2D eigenvalue weighted by molar-refractivity contribution is 6.09. The van der Waals surface area contributed by atoms with Gasteiger partial charge < -0.3 is 13.7 Å². The predicted octanol–water partition coefficient (Wildman–Crippen LogP) is 17.4. The number of fused-ring (bicyclic) bond motifs is 19. The first kappa shape index (κ1) is 38.4. The molecule has 0 saturated carbocycles. The minimum atomic E-state index is -0.701. The molecule has 3 heteroatoms. The van der Waals surface area contributed by atoms with Crippen molar-refractivity contribution in [3.05, 3.63) is 232 Å². The first-order valence-corrected chi connectivity index (χ1v) is 23.6. The largest absolute Gasteiger partial charge is 0.456 e. The lowest BCUT2D eigenvalue weighted by Crippen LogP contribution is -2.31. The summed E-state index contributed by atoms with van der Waals surface area (Å²) in [5.41, 5.74) is 22.3. The number of hydrogen-bond donors (Lipinski definition) is 0. The van der Waals surface area contributed by atoms with Crippen LogP contribution in [0.1, 0.15) is 84.7 Å². The third-order valence-corrected chi connectivity index (χ3v) is 15.4. The lowest BCUT2D eigenvalue weighted by molar-refractivity contribution is 0.590. The first-order valence-electron chi connectivity index (χ1n) is 23.6. The van der Waals surface area contributed by atoms with Crippen LogP contribution in [-0.4, -0.2) is 0 Å². The molecule has 0 unspecified atom stereocenters. The molecule has 11 aromatic rings. The fourth-order valence-corrected chi connectivity index (χ4v) is 12.4. The Hall–Kier alpha value is -7.88. The van der Waals surface area contributed by atoms with Gasteiger partial charge >= 0.3 is 0 Å². The first-order chi connectivity index (χ1) is 32.6. The Morgan fingerprint density at radius 2 is 0.985 bits per heavy atom. The summed E-state index contributed by atoms with van der Waals surface area (Å²) in [5, 5.41) is 4.48. The van der Waals surface area contributed by atoms with Crippen molar-refractivity contribution >= 4 is 73.1 Å². The van der Waals surface area contributed by atoms with E-state index in [1.165, 1.54) is 66.8 Å². The zero-order valence-corrected chi connectivity index (χ0v) is 38.2. The molecule has 1 spiro atoms. The zero-order chi connectivity index (χ0) is 45.0. The van der Waals surface area contributed by atoms with Crippen LogP contribution in [0, 0.1) is 0 Å². The summed E-state index contributed by atoms with van der Waals surface area (Å²) in [6, 6.07) is 67.6. The van der Waals surface area contributed by atoms with Crippen molar-refractivity contribution < 1.29 is 8.83 Å². The number of furan rings is 2. The van der Waals surface area contributed by atoms with Crippen LogP contribution < -0.4 is 4.90 Å². The minimum Gasteiger partial charge on any atom is -0.456 e. The van der Waals surface area contributed by atoms with Crippen LogP contribution >= 0.6 is 0 Å². The molecule has 2 aromatic heterocycles. The van der Waals surface area contributed by atoms with Crippen molar-refractivity contribution in [1.29, 1.82) is 0 Å². The molecule has 0 N–H and O–H groups in total. The molecular weight excluding hydrogens is 815 g/mol. The summed E-state index contributed by atoms with van der Waals surface area (Å²) in [5.74, 6) is 0. The average molecular weight is 862 g/mol. The van der Waals surface area contributed by atoms with Crippen molar-refractivity contribution in [3.8, 4) is 22.3 Å². The summed E-state index contributed by atoms with van der Waals surface area (Å²) in [4.78, 5) is 2.51. The van der Waals surface area contributed by atoms with E-state index < -0.39 is 5.41 Å². The van der Waals surface area contributed by atoms with Crippen LogP contribution in [0.15, 0.2) is 191 Å². The van der Waals surface area contributed by atoms with E-state index in [4.69, 9.17) is 8.83 Å². The normalized spacial score (nSPS) is 14.8. The highest BCUT2D eigenvalue weighted by atomic mass is 16.3. The Balaban J connectivity index is 1.16. The van der Waals surface area contributed by atoms with Gasteiger partial charge in [-0.3, -0.25) is 0 Å². The molecule has 3 aliphatic carbocycles. The molecule has 0 amide bonds. The predicted molar refractivity (Wildman–Crippen MR) is 278 cm³/mol. The third kappa shape index (κ3) is 5.12. The van der Waals surface area contributed by atoms with Crippen molar-refractivity contribution in [2.75, 3.05) is 4.90 Å². The molecule has 0 aliphatic heterocycles. The van der Waals surface area contributed by atoms with Gasteiger partial charge in [-0.2, -0.15) is 0 Å². The van der Waals surface area contributed by atoms with E-state index in [0.29, 0.717) is 0 Å². The average Bonchev–Trinajstić information content (AvgIpc) is 4.03. The Morgan fingerprint density at radius 1 is 0.433 bits per heavy atom. The minimum absolute atomic E-state index is 0.00802. The molecule has 0 atom stereocenters. The number of hydrogen-bond acceptors (Lipinski definition) is 3. The fraction of sp³-hybridized carbons (Fsp3) is 0.125. The highest BCUT2D eigenvalue weighted by Gasteiger charge is 2.52. The standard InChI is InChI=1S/C64H47NO2/c1-62(2,3)39-27-29-40(30-28-39)65(41-31-33-46-44-18-9-14-24-56(44)67-59(46)35-41)55-37-54-48(61-60(55)47-20-8-11-21-50(47)63(61,4)5)32-26-38-34-58-49(45-19-10-15-25-57(45)66-58)36-53(38)64(54)51-22-12-6-16-42(51)43-17-7-13-23-52(43)64/h6-37H,1-5H3. The molecule has 0 fully saturated rings. The summed E-state index contributed by atoms with van der Waals surface area (Å²) < 4.78 is 13.3. The fourth-order valence-electron chi connectivity index (χ4n) is 12.4. The van der Waals surface area contributed by atoms with Crippen LogP contribution in [0.2, 0.25) is 0 Å². The molecule has 0 radical (unpaired) electrons. The van der Waals surface area contributed by atoms with Gasteiger partial charge in [0.2, 0.25) is 0 Å². The van der Waals surface area contributed by atoms with Gasteiger partial charge in [0.05, 0.1) is 11.1 Å². The van der Waals surface area contributed by atoms with Crippen LogP contribution in [-0.2, 0) is 16.2 Å². The number of rotatable bonds is 3. The molecule has 3 aliphatic rings. The Morgan fingerprint density at radius 3 is 1.66 bits per heavy atom. The maximum atomic E-state index is 6.68. The van der Waals surface area contributed by atoms with E-state index in [9.17, 15) is 0 Å². The van der Waals surface area contributed by atoms with Crippen LogP contribution in [0.3, 0.4) is 0 Å². The van der Waals surface area contributed by atoms with E-state index in [1.807, 2.05) is 0 Å². The maximum Gasteiger partial charge on any atom is 0.137 e. The Bertz CT molecular complexity index is 3900. The van der Waals surface area contributed by atoms with Gasteiger partial charge in [0.1, 0.15) is 22.3 Å². The molecule has 320 valence electrons. The molecule has 14 rings (SSSR count). The van der Waals surface area contributed by atoms with E-state index >= 15 is 0 Å². The van der Waals surface area contributed by atoms with Gasteiger partial charge in [0.15, 0.2) is 0 Å². The van der Waals surface area contributed by atoms with Gasteiger partial charge in [-0.15, -0.1) is 0 Å². The summed E-state index contributed by atoms with van der Waals surface area (Å²) >= 11 is 0. The second-order valence-electron chi connectivity index (χ2n) is 20.4. The van der Waals surface area contributed by atoms with Gasteiger partial charge in [0, 0.05) is 50.0 Å². The van der Waals surface area contributed by atoms with Crippen LogP contribution in [0.5, 0.6) is 0 Å². The van der Waals surface area contributed by atoms with E-state index in [1.54, 1.807) is 0 Å². The zero-order valence-electron chi connectivity index (χ0n) is 38.2. The monoisotopic (exact) mass is 861 g/mol. The molecule has 0 bridgehead atoms. The van der Waals surface area contributed by atoms with Gasteiger partial charge in [-0.05, 0) is 127 Å². The van der Waals surface area contributed by atoms with E-state index in [-0.39, 0.29) is 10.8 Å². The lowest BCUT2D eigenvalue weighted by atomic mass is 9.64. The maximum absolute atomic E-state index is 6.68. The summed E-state index contributed by atoms with van der Waals surface area (Å²) in [6.07, 6.45) is 4.80. The van der Waals surface area contributed by atoms with E-state index in [0.717, 1.165) is 66.5 Å². The van der Waals surface area contributed by atoms with Crippen molar-refractivity contribution in [2.24, 2.45) is 0 Å². The van der Waals surface area contributed by atoms with Gasteiger partial charge in [-0.1, -0.05) is 168 Å². The SMILES string of the molecule is CC(C)(C)c1ccc(N(c2ccc3c(c2)oc2ccccc23)c2cc3c(c4c2-c2ccccc2C4(C)C)C=Cc2cc4oc5ccccc5c4cc2C32c3ccccc3-c3ccccc32)cc1.